The lowest BCUT2D eigenvalue weighted by Crippen LogP contribution is -2.13. The molecule has 0 aliphatic rings. The number of carbonyl (C=O) groups is 1. The van der Waals surface area contributed by atoms with E-state index in [2.05, 4.69) is 25.8 Å². The highest BCUT2D eigenvalue weighted by Crippen LogP contribution is 2.27. The summed E-state index contributed by atoms with van der Waals surface area (Å²) < 4.78 is 3.48. The molecule has 5 rings (SSSR count). The third-order valence-corrected chi connectivity index (χ3v) is 6.04. The molecule has 0 saturated carbocycles. The maximum Gasteiger partial charge on any atom is 0.292 e. The molecule has 1 N–H and O–H groups in total. The van der Waals surface area contributed by atoms with Crippen molar-refractivity contribution < 1.29 is 9.72 Å². The van der Waals surface area contributed by atoms with Gasteiger partial charge in [0.15, 0.2) is 5.16 Å². The van der Waals surface area contributed by atoms with Gasteiger partial charge in [0.25, 0.3) is 11.6 Å². The first-order valence-electron chi connectivity index (χ1n) is 10.6. The van der Waals surface area contributed by atoms with E-state index in [9.17, 15) is 14.9 Å². The third-order valence-electron chi connectivity index (χ3n) is 5.11. The zero-order valence-electron chi connectivity index (χ0n) is 18.2. The van der Waals surface area contributed by atoms with Crippen LogP contribution in [0.2, 0.25) is 0 Å². The SMILES string of the molecule is O=C(CCSc1nnc(-n2nnc3ccccc32)n1-c1ccccc1)Nc1ccccc1[N+](=O)[O-]. The smallest absolute Gasteiger partial charge is 0.292 e. The highest BCUT2D eigenvalue weighted by molar-refractivity contribution is 7.99. The fraction of sp³-hybridized carbons (Fsp3) is 0.0870. The zero-order chi connectivity index (χ0) is 24.2. The van der Waals surface area contributed by atoms with Crippen molar-refractivity contribution in [1.29, 1.82) is 0 Å². The maximum atomic E-state index is 12.5. The molecule has 0 aliphatic carbocycles. The number of rotatable bonds is 8. The number of nitrogens with zero attached hydrogens (tertiary/aromatic N) is 7. The number of para-hydroxylation sites is 4. The van der Waals surface area contributed by atoms with Crippen LogP contribution in [0.5, 0.6) is 0 Å². The number of hydrogen-bond donors (Lipinski definition) is 1. The number of anilines is 1. The van der Waals surface area contributed by atoms with E-state index in [0.29, 0.717) is 16.9 Å². The van der Waals surface area contributed by atoms with Crippen LogP contribution in [0, 0.1) is 10.1 Å². The number of benzene rings is 3. The monoisotopic (exact) mass is 486 g/mol. The van der Waals surface area contributed by atoms with E-state index >= 15 is 0 Å². The van der Waals surface area contributed by atoms with Gasteiger partial charge in [-0.05, 0) is 30.3 Å². The standard InChI is InChI=1S/C23H18N8O3S/c32-21(24-17-10-4-7-13-20(17)31(33)34)14-15-35-23-27-26-22(29(23)16-8-2-1-3-9-16)30-19-12-6-5-11-18(19)25-28-30/h1-13H,14-15H2,(H,24,32). The average Bonchev–Trinajstić information content (AvgIpc) is 3.49. The van der Waals surface area contributed by atoms with Crippen LogP contribution < -0.4 is 5.32 Å². The Labute approximate surface area is 202 Å². The molecule has 0 aliphatic heterocycles. The van der Waals surface area contributed by atoms with Crippen LogP contribution in [-0.4, -0.2) is 46.3 Å². The van der Waals surface area contributed by atoms with Crippen molar-refractivity contribution in [3.63, 3.8) is 0 Å². The van der Waals surface area contributed by atoms with Gasteiger partial charge in [-0.2, -0.15) is 4.68 Å². The first-order chi connectivity index (χ1) is 17.1. The van der Waals surface area contributed by atoms with Crippen molar-refractivity contribution in [2.45, 2.75) is 11.6 Å². The minimum atomic E-state index is -0.526. The lowest BCUT2D eigenvalue weighted by molar-refractivity contribution is -0.383. The van der Waals surface area contributed by atoms with E-state index in [1.54, 1.807) is 16.8 Å². The normalized spacial score (nSPS) is 11.0. The predicted molar refractivity (Wildman–Crippen MR) is 131 cm³/mol. The summed E-state index contributed by atoms with van der Waals surface area (Å²) in [4.78, 5) is 23.1. The largest absolute Gasteiger partial charge is 0.320 e. The summed E-state index contributed by atoms with van der Waals surface area (Å²) in [6, 6.07) is 23.2. The molecule has 11 nitrogen and oxygen atoms in total. The zero-order valence-corrected chi connectivity index (χ0v) is 19.0. The second kappa shape index (κ2) is 9.73. The number of nitro benzene ring substituents is 1. The van der Waals surface area contributed by atoms with Gasteiger partial charge in [-0.1, -0.05) is 59.4 Å². The molecule has 2 heterocycles. The van der Waals surface area contributed by atoms with Crippen LogP contribution in [0.3, 0.4) is 0 Å². The Bertz CT molecular complexity index is 1520. The van der Waals surface area contributed by atoms with E-state index in [0.717, 1.165) is 16.7 Å². The quantitative estimate of drug-likeness (QED) is 0.197. The van der Waals surface area contributed by atoms with Gasteiger partial charge < -0.3 is 5.32 Å². The van der Waals surface area contributed by atoms with Gasteiger partial charge in [0.2, 0.25) is 5.91 Å². The van der Waals surface area contributed by atoms with Gasteiger partial charge in [-0.15, -0.1) is 15.3 Å². The molecular weight excluding hydrogens is 468 g/mol. The molecule has 0 radical (unpaired) electrons. The first kappa shape index (κ1) is 22.2. The van der Waals surface area contributed by atoms with Gasteiger partial charge in [0, 0.05) is 18.2 Å². The van der Waals surface area contributed by atoms with Crippen LogP contribution in [0.25, 0.3) is 22.7 Å². The summed E-state index contributed by atoms with van der Waals surface area (Å²) in [5, 5.41) is 31.5. The lowest BCUT2D eigenvalue weighted by atomic mass is 10.2. The number of aromatic nitrogens is 6. The van der Waals surface area contributed by atoms with Crippen LogP contribution in [0.15, 0.2) is 84.0 Å². The molecule has 3 aromatic carbocycles. The van der Waals surface area contributed by atoms with Crippen LogP contribution in [-0.2, 0) is 4.79 Å². The fourth-order valence-corrected chi connectivity index (χ4v) is 4.38. The van der Waals surface area contributed by atoms with Crippen molar-refractivity contribution in [3.05, 3.63) is 89.0 Å². The molecule has 1 amide bonds. The highest BCUT2D eigenvalue weighted by atomic mass is 32.2. The molecule has 0 atom stereocenters. The van der Waals surface area contributed by atoms with Gasteiger partial charge in [-0.3, -0.25) is 19.5 Å². The number of nitrogens with one attached hydrogen (secondary N) is 1. The second-order valence-electron chi connectivity index (χ2n) is 7.36. The number of carbonyl (C=O) groups excluding carboxylic acids is 1. The van der Waals surface area contributed by atoms with Crippen molar-refractivity contribution in [2.75, 3.05) is 11.1 Å². The van der Waals surface area contributed by atoms with E-state index in [1.807, 2.05) is 59.2 Å². The Hall–Kier alpha value is -4.58. The highest BCUT2D eigenvalue weighted by Gasteiger charge is 2.20. The molecule has 0 saturated heterocycles. The summed E-state index contributed by atoms with van der Waals surface area (Å²) in [7, 11) is 0. The molecular formula is C23H18N8O3S. The Morgan fingerprint density at radius 3 is 2.51 bits per heavy atom. The molecule has 12 heteroatoms. The van der Waals surface area contributed by atoms with Gasteiger partial charge in [0.05, 0.1) is 16.1 Å². The van der Waals surface area contributed by atoms with Crippen LogP contribution in [0.4, 0.5) is 11.4 Å². The molecule has 0 spiro atoms. The minimum absolute atomic E-state index is 0.125. The van der Waals surface area contributed by atoms with Gasteiger partial charge >= 0.3 is 0 Å². The van der Waals surface area contributed by atoms with E-state index in [4.69, 9.17) is 0 Å². The Morgan fingerprint density at radius 1 is 0.943 bits per heavy atom. The molecule has 0 bridgehead atoms. The van der Waals surface area contributed by atoms with Gasteiger partial charge in [0.1, 0.15) is 11.2 Å². The van der Waals surface area contributed by atoms with Crippen molar-refractivity contribution >= 4 is 40.1 Å². The topological polar surface area (TPSA) is 134 Å². The number of hydrogen-bond acceptors (Lipinski definition) is 8. The number of fused-ring (bicyclic) bond motifs is 1. The summed E-state index contributed by atoms with van der Waals surface area (Å²) in [5.74, 6) is 0.520. The van der Waals surface area contributed by atoms with Crippen molar-refractivity contribution in [2.24, 2.45) is 0 Å². The minimum Gasteiger partial charge on any atom is -0.320 e. The van der Waals surface area contributed by atoms with E-state index in [1.165, 1.54) is 23.9 Å². The number of thioether (sulfide) groups is 1. The predicted octanol–water partition coefficient (Wildman–Crippen LogP) is 4.03. The Balaban J connectivity index is 1.37. The Kier molecular flexibility index (Phi) is 6.18. The van der Waals surface area contributed by atoms with E-state index < -0.39 is 4.92 Å². The summed E-state index contributed by atoms with van der Waals surface area (Å²) >= 11 is 1.35. The molecule has 0 fully saturated rings. The van der Waals surface area contributed by atoms with Crippen molar-refractivity contribution in [1.82, 2.24) is 29.8 Å². The number of nitro groups is 1. The van der Waals surface area contributed by atoms with Gasteiger partial charge in [-0.25, -0.2) is 0 Å². The first-order valence-corrected chi connectivity index (χ1v) is 11.6. The lowest BCUT2D eigenvalue weighted by Gasteiger charge is -2.10. The van der Waals surface area contributed by atoms with Crippen LogP contribution >= 0.6 is 11.8 Å². The maximum absolute atomic E-state index is 12.5. The summed E-state index contributed by atoms with van der Waals surface area (Å²) in [6.07, 6.45) is 0.125. The Morgan fingerprint density at radius 2 is 1.69 bits per heavy atom. The molecule has 5 aromatic rings. The second-order valence-corrected chi connectivity index (χ2v) is 8.43. The molecule has 174 valence electrons. The third kappa shape index (κ3) is 4.59. The number of amides is 1. The average molecular weight is 487 g/mol. The van der Waals surface area contributed by atoms with Crippen LogP contribution in [0.1, 0.15) is 6.42 Å². The summed E-state index contributed by atoms with van der Waals surface area (Å²) in [6.45, 7) is 0. The summed E-state index contributed by atoms with van der Waals surface area (Å²) in [5.41, 5.74) is 2.37. The molecule has 0 unspecified atom stereocenters. The van der Waals surface area contributed by atoms with Crippen molar-refractivity contribution in [3.8, 4) is 11.6 Å². The van der Waals surface area contributed by atoms with E-state index in [-0.39, 0.29) is 23.7 Å². The molecule has 35 heavy (non-hydrogen) atoms. The molecule has 2 aromatic heterocycles. The fourth-order valence-electron chi connectivity index (χ4n) is 3.50.